The molecule has 0 spiro atoms. The summed E-state index contributed by atoms with van der Waals surface area (Å²) in [5.41, 5.74) is 8.49. The van der Waals surface area contributed by atoms with Crippen LogP contribution in [0, 0.1) is 12.8 Å². The van der Waals surface area contributed by atoms with Crippen LogP contribution in [-0.2, 0) is 4.74 Å². The Morgan fingerprint density at radius 3 is 2.35 bits per heavy atom. The second-order valence-corrected chi connectivity index (χ2v) is 7.16. The number of hydrogen-bond acceptors (Lipinski definition) is 3. The topological polar surface area (TPSA) is 38.5 Å². The number of ether oxygens (including phenoxy) is 1. The second-order valence-electron chi connectivity index (χ2n) is 7.16. The predicted molar refractivity (Wildman–Crippen MR) is 85.2 cm³/mol. The minimum absolute atomic E-state index is 0.0461. The molecule has 1 fully saturated rings. The van der Waals surface area contributed by atoms with Crippen molar-refractivity contribution in [3.8, 4) is 0 Å². The van der Waals surface area contributed by atoms with Crippen LogP contribution in [0.2, 0.25) is 0 Å². The van der Waals surface area contributed by atoms with Crippen LogP contribution in [0.25, 0.3) is 0 Å². The molecule has 1 aliphatic rings. The molecule has 0 bridgehead atoms. The summed E-state index contributed by atoms with van der Waals surface area (Å²) in [6, 6.07) is 8.62. The molecule has 3 nitrogen and oxygen atoms in total. The van der Waals surface area contributed by atoms with Crippen molar-refractivity contribution in [2.24, 2.45) is 11.7 Å². The number of benzene rings is 1. The Morgan fingerprint density at radius 2 is 1.85 bits per heavy atom. The SMILES string of the molecule is Cc1cccc(N(C)CC2C(N)C(C)(C)OC2(C)C)c1. The Morgan fingerprint density at radius 1 is 1.20 bits per heavy atom. The fourth-order valence-electron chi connectivity index (χ4n) is 3.34. The monoisotopic (exact) mass is 276 g/mol. The van der Waals surface area contributed by atoms with Crippen LogP contribution in [0.15, 0.2) is 24.3 Å². The van der Waals surface area contributed by atoms with Gasteiger partial charge in [-0.2, -0.15) is 0 Å². The first-order chi connectivity index (χ1) is 9.13. The minimum atomic E-state index is -0.262. The highest BCUT2D eigenvalue weighted by molar-refractivity contribution is 5.47. The van der Waals surface area contributed by atoms with Gasteiger partial charge in [-0.3, -0.25) is 0 Å². The molecule has 3 heteroatoms. The summed E-state index contributed by atoms with van der Waals surface area (Å²) in [5, 5.41) is 0. The van der Waals surface area contributed by atoms with Gasteiger partial charge in [-0.05, 0) is 52.3 Å². The lowest BCUT2D eigenvalue weighted by molar-refractivity contribution is -0.0756. The third-order valence-electron chi connectivity index (χ3n) is 4.57. The lowest BCUT2D eigenvalue weighted by Crippen LogP contribution is -2.47. The van der Waals surface area contributed by atoms with Gasteiger partial charge in [0.15, 0.2) is 0 Å². The van der Waals surface area contributed by atoms with E-state index in [2.05, 4.69) is 70.8 Å². The van der Waals surface area contributed by atoms with Crippen LogP contribution in [0.5, 0.6) is 0 Å². The van der Waals surface area contributed by atoms with Crippen molar-refractivity contribution < 1.29 is 4.74 Å². The van der Waals surface area contributed by atoms with Crippen molar-refractivity contribution in [3.63, 3.8) is 0 Å². The van der Waals surface area contributed by atoms with E-state index in [4.69, 9.17) is 10.5 Å². The quantitative estimate of drug-likeness (QED) is 0.922. The molecule has 0 radical (unpaired) electrons. The van der Waals surface area contributed by atoms with E-state index in [1.54, 1.807) is 0 Å². The van der Waals surface area contributed by atoms with Crippen LogP contribution in [0.4, 0.5) is 5.69 Å². The molecule has 112 valence electrons. The summed E-state index contributed by atoms with van der Waals surface area (Å²) < 4.78 is 6.17. The molecule has 2 rings (SSSR count). The lowest BCUT2D eigenvalue weighted by atomic mass is 9.82. The number of hydrogen-bond donors (Lipinski definition) is 1. The Hall–Kier alpha value is -1.06. The molecule has 1 saturated heterocycles. The summed E-state index contributed by atoms with van der Waals surface area (Å²) in [7, 11) is 2.13. The van der Waals surface area contributed by atoms with Gasteiger partial charge < -0.3 is 15.4 Å². The van der Waals surface area contributed by atoms with Crippen molar-refractivity contribution in [1.29, 1.82) is 0 Å². The molecule has 2 atom stereocenters. The Balaban J connectivity index is 2.17. The molecule has 0 amide bonds. The average Bonchev–Trinajstić information content (AvgIpc) is 2.47. The van der Waals surface area contributed by atoms with Crippen molar-refractivity contribution >= 4 is 5.69 Å². The summed E-state index contributed by atoms with van der Waals surface area (Å²) in [5.74, 6) is 0.308. The van der Waals surface area contributed by atoms with Gasteiger partial charge in [-0.1, -0.05) is 12.1 Å². The molecule has 0 aliphatic carbocycles. The van der Waals surface area contributed by atoms with E-state index in [1.165, 1.54) is 11.3 Å². The van der Waals surface area contributed by atoms with Gasteiger partial charge >= 0.3 is 0 Å². The summed E-state index contributed by atoms with van der Waals surface area (Å²) in [4.78, 5) is 2.28. The molecular weight excluding hydrogens is 248 g/mol. The molecule has 1 aromatic rings. The molecule has 20 heavy (non-hydrogen) atoms. The normalized spacial score (nSPS) is 27.6. The Bertz CT molecular complexity index is 482. The molecular formula is C17H28N2O. The maximum atomic E-state index is 6.44. The van der Waals surface area contributed by atoms with Gasteiger partial charge in [0, 0.05) is 31.2 Å². The van der Waals surface area contributed by atoms with E-state index in [0.29, 0.717) is 5.92 Å². The fraction of sp³-hybridized carbons (Fsp3) is 0.647. The van der Waals surface area contributed by atoms with E-state index >= 15 is 0 Å². The largest absolute Gasteiger partial charge is 0.374 e. The van der Waals surface area contributed by atoms with E-state index in [0.717, 1.165) is 6.54 Å². The van der Waals surface area contributed by atoms with E-state index < -0.39 is 0 Å². The maximum absolute atomic E-state index is 6.44. The summed E-state index contributed by atoms with van der Waals surface area (Å²) >= 11 is 0. The molecule has 0 aromatic heterocycles. The van der Waals surface area contributed by atoms with Crippen molar-refractivity contribution in [3.05, 3.63) is 29.8 Å². The molecule has 2 N–H and O–H groups in total. The number of anilines is 1. The first-order valence-electron chi connectivity index (χ1n) is 7.37. The number of rotatable bonds is 3. The first kappa shape index (κ1) is 15.3. The van der Waals surface area contributed by atoms with Gasteiger partial charge in [-0.15, -0.1) is 0 Å². The average molecular weight is 276 g/mol. The number of aryl methyl sites for hydroxylation is 1. The predicted octanol–water partition coefficient (Wildman–Crippen LogP) is 2.96. The maximum Gasteiger partial charge on any atom is 0.0788 e. The highest BCUT2D eigenvalue weighted by Crippen LogP contribution is 2.41. The zero-order valence-electron chi connectivity index (χ0n) is 13.6. The van der Waals surface area contributed by atoms with E-state index in [9.17, 15) is 0 Å². The van der Waals surface area contributed by atoms with Gasteiger partial charge in [0.25, 0.3) is 0 Å². The standard InChI is InChI=1S/C17H28N2O/c1-12-8-7-9-13(10-12)19(6)11-14-15(18)17(4,5)20-16(14,2)3/h7-10,14-15H,11,18H2,1-6H3. The highest BCUT2D eigenvalue weighted by atomic mass is 16.5. The van der Waals surface area contributed by atoms with E-state index in [-0.39, 0.29) is 17.2 Å². The van der Waals surface area contributed by atoms with Gasteiger partial charge in [0.1, 0.15) is 0 Å². The van der Waals surface area contributed by atoms with Crippen molar-refractivity contribution in [2.45, 2.75) is 51.9 Å². The minimum Gasteiger partial charge on any atom is -0.374 e. The zero-order chi connectivity index (χ0) is 15.1. The summed E-state index contributed by atoms with van der Waals surface area (Å²) in [6.45, 7) is 11.5. The Kier molecular flexibility index (Phi) is 3.87. The van der Waals surface area contributed by atoms with Crippen LogP contribution < -0.4 is 10.6 Å². The third kappa shape index (κ3) is 2.84. The van der Waals surface area contributed by atoms with Crippen molar-refractivity contribution in [2.75, 3.05) is 18.5 Å². The summed E-state index contributed by atoms with van der Waals surface area (Å²) in [6.07, 6.45) is 0. The number of nitrogens with zero attached hydrogens (tertiary/aromatic N) is 1. The zero-order valence-corrected chi connectivity index (χ0v) is 13.6. The van der Waals surface area contributed by atoms with Gasteiger partial charge in [0.05, 0.1) is 11.2 Å². The molecule has 0 saturated carbocycles. The fourth-order valence-corrected chi connectivity index (χ4v) is 3.34. The van der Waals surface area contributed by atoms with Gasteiger partial charge in [0.2, 0.25) is 0 Å². The first-order valence-corrected chi connectivity index (χ1v) is 7.37. The van der Waals surface area contributed by atoms with Crippen LogP contribution in [0.1, 0.15) is 33.3 Å². The third-order valence-corrected chi connectivity index (χ3v) is 4.57. The molecule has 2 unspecified atom stereocenters. The van der Waals surface area contributed by atoms with E-state index in [1.807, 2.05) is 0 Å². The smallest absolute Gasteiger partial charge is 0.0788 e. The lowest BCUT2D eigenvalue weighted by Gasteiger charge is -2.32. The van der Waals surface area contributed by atoms with Crippen LogP contribution in [0.3, 0.4) is 0 Å². The molecule has 1 heterocycles. The number of nitrogens with two attached hydrogens (primary N) is 1. The van der Waals surface area contributed by atoms with Crippen LogP contribution >= 0.6 is 0 Å². The van der Waals surface area contributed by atoms with Crippen molar-refractivity contribution in [1.82, 2.24) is 0 Å². The van der Waals surface area contributed by atoms with Crippen LogP contribution in [-0.4, -0.2) is 30.8 Å². The van der Waals surface area contributed by atoms with Gasteiger partial charge in [-0.25, -0.2) is 0 Å². The molecule has 1 aromatic carbocycles. The Labute approximate surface area is 123 Å². The molecule has 1 aliphatic heterocycles. The second kappa shape index (κ2) is 5.05. The highest BCUT2D eigenvalue weighted by Gasteiger charge is 2.52.